The van der Waals surface area contributed by atoms with E-state index in [9.17, 15) is 28.8 Å². The SMILES string of the molecule is CC(=O)CCC(C(C)=O)N1Cc2c(OCc3ccc(CN4CCOCC4)cc3)cccc2C1=O.I.O=C1CCC(N2Cc3c(OCc4ccc(CN5CCOCC5)cc4)cccc3C2=O)C(=O)N1. The van der Waals surface area contributed by atoms with Crippen LogP contribution in [0, 0.1) is 0 Å². The number of nitrogens with one attached hydrogen (secondary N) is 1. The van der Waals surface area contributed by atoms with Gasteiger partial charge in [0.2, 0.25) is 11.8 Å². The summed E-state index contributed by atoms with van der Waals surface area (Å²) in [6.45, 7) is 13.2. The van der Waals surface area contributed by atoms with Gasteiger partial charge < -0.3 is 33.5 Å². The zero-order valence-corrected chi connectivity index (χ0v) is 41.1. The number of hydrogen-bond acceptors (Lipinski definition) is 12. The lowest BCUT2D eigenvalue weighted by Crippen LogP contribution is -2.52. The summed E-state index contributed by atoms with van der Waals surface area (Å²) < 4.78 is 23.0. The first-order chi connectivity index (χ1) is 32.5. The lowest BCUT2D eigenvalue weighted by atomic mass is 10.0. The van der Waals surface area contributed by atoms with Gasteiger partial charge in [-0.1, -0.05) is 60.7 Å². The number of halogens is 1. The molecule has 4 amide bonds. The quantitative estimate of drug-likeness (QED) is 0.105. The molecule has 2 atom stereocenters. The normalized spacial score (nSPS) is 18.7. The summed E-state index contributed by atoms with van der Waals surface area (Å²) in [4.78, 5) is 81.3. The molecule has 2 unspecified atom stereocenters. The second-order valence-corrected chi connectivity index (χ2v) is 17.8. The van der Waals surface area contributed by atoms with E-state index in [0.29, 0.717) is 61.8 Å². The first-order valence-corrected chi connectivity index (χ1v) is 23.2. The van der Waals surface area contributed by atoms with Gasteiger partial charge in [-0.25, -0.2) is 0 Å². The standard InChI is InChI=1S/C27H32N2O5.C25H27N3O5.HI/c1-19(30)6-11-25(20(2)31)29-17-24-23(27(29)32)4-3-5-26(24)34-18-22-9-7-21(8-10-22)16-28-12-14-33-15-13-28;29-23-9-8-21(24(30)26-23)28-15-20-19(25(28)31)2-1-3-22(20)33-16-18-6-4-17(5-7-18)14-27-10-12-32-13-11-27;/h3-5,7-10,25H,6,11-18H2,1-2H3;1-7,21H,8-16H2,(H,26,29,30);1H. The molecular formula is C52H60IN5O10. The van der Waals surface area contributed by atoms with Crippen LogP contribution in [0.1, 0.15) is 93.6 Å². The molecule has 5 aliphatic rings. The van der Waals surface area contributed by atoms with Crippen molar-refractivity contribution in [2.45, 2.75) is 91.0 Å². The van der Waals surface area contributed by atoms with E-state index in [1.54, 1.807) is 34.1 Å². The van der Waals surface area contributed by atoms with Gasteiger partial charge in [0.25, 0.3) is 11.8 Å². The third-order valence-electron chi connectivity index (χ3n) is 13.0. The first kappa shape index (κ1) is 50.3. The summed E-state index contributed by atoms with van der Waals surface area (Å²) >= 11 is 0. The zero-order chi connectivity index (χ0) is 46.9. The third-order valence-corrected chi connectivity index (χ3v) is 13.0. The van der Waals surface area contributed by atoms with Crippen molar-refractivity contribution in [3.05, 3.63) is 129 Å². The number of carbonyl (C=O) groups excluding carboxylic acids is 6. The van der Waals surface area contributed by atoms with E-state index in [0.717, 1.165) is 87.9 Å². The molecule has 0 aliphatic carbocycles. The van der Waals surface area contributed by atoms with Crippen molar-refractivity contribution in [2.75, 3.05) is 52.6 Å². The number of ketones is 2. The van der Waals surface area contributed by atoms with Crippen LogP contribution in [0.2, 0.25) is 0 Å². The molecule has 360 valence electrons. The Hall–Kier alpha value is -5.53. The molecule has 0 bridgehead atoms. The van der Waals surface area contributed by atoms with Gasteiger partial charge in [0.05, 0.1) is 45.6 Å². The highest BCUT2D eigenvalue weighted by Crippen LogP contribution is 2.35. The summed E-state index contributed by atoms with van der Waals surface area (Å²) in [7, 11) is 0. The lowest BCUT2D eigenvalue weighted by molar-refractivity contribution is -0.137. The third kappa shape index (κ3) is 12.6. The number of Topliss-reactive ketones (excluding diaryl/α,β-unsaturated/α-hetero) is 2. The first-order valence-electron chi connectivity index (χ1n) is 23.2. The Labute approximate surface area is 414 Å². The second-order valence-electron chi connectivity index (χ2n) is 17.8. The van der Waals surface area contributed by atoms with Gasteiger partial charge in [-0.05, 0) is 73.2 Å². The summed E-state index contributed by atoms with van der Waals surface area (Å²) in [5.74, 6) is 0.117. The molecule has 9 rings (SSSR count). The predicted molar refractivity (Wildman–Crippen MR) is 262 cm³/mol. The minimum Gasteiger partial charge on any atom is -0.489 e. The highest BCUT2D eigenvalue weighted by Gasteiger charge is 2.40. The van der Waals surface area contributed by atoms with Crippen LogP contribution in [0.25, 0.3) is 0 Å². The van der Waals surface area contributed by atoms with Crippen LogP contribution in [0.5, 0.6) is 11.5 Å². The predicted octanol–water partition coefficient (Wildman–Crippen LogP) is 5.86. The van der Waals surface area contributed by atoms with E-state index in [1.807, 2.05) is 12.1 Å². The van der Waals surface area contributed by atoms with Gasteiger partial charge in [-0.2, -0.15) is 0 Å². The number of rotatable bonds is 16. The molecule has 3 fully saturated rings. The maximum Gasteiger partial charge on any atom is 0.255 e. The van der Waals surface area contributed by atoms with E-state index >= 15 is 0 Å². The molecule has 5 heterocycles. The Morgan fingerprint density at radius 1 is 0.662 bits per heavy atom. The van der Waals surface area contributed by atoms with Crippen molar-refractivity contribution in [2.24, 2.45) is 0 Å². The monoisotopic (exact) mass is 1040 g/mol. The molecule has 15 nitrogen and oxygen atoms in total. The Bertz CT molecular complexity index is 2450. The summed E-state index contributed by atoms with van der Waals surface area (Å²) in [6, 6.07) is 26.4. The average Bonchev–Trinajstić information content (AvgIpc) is 3.85. The number of amides is 4. The highest BCUT2D eigenvalue weighted by atomic mass is 127. The van der Waals surface area contributed by atoms with Crippen LogP contribution in [0.4, 0.5) is 0 Å². The topological polar surface area (TPSA) is 164 Å². The molecule has 0 saturated carbocycles. The van der Waals surface area contributed by atoms with E-state index in [-0.39, 0.29) is 66.1 Å². The fraction of sp³-hybridized carbons (Fsp3) is 0.423. The fourth-order valence-corrected chi connectivity index (χ4v) is 9.16. The van der Waals surface area contributed by atoms with Crippen molar-refractivity contribution in [1.29, 1.82) is 0 Å². The Morgan fingerprint density at radius 2 is 1.15 bits per heavy atom. The molecule has 16 heteroatoms. The molecule has 1 N–H and O–H groups in total. The van der Waals surface area contributed by atoms with Crippen LogP contribution in [-0.2, 0) is 68.0 Å². The molecule has 4 aromatic rings. The molecule has 0 aromatic heterocycles. The van der Waals surface area contributed by atoms with Gasteiger partial charge in [0.1, 0.15) is 36.5 Å². The van der Waals surface area contributed by atoms with E-state index in [4.69, 9.17) is 18.9 Å². The summed E-state index contributed by atoms with van der Waals surface area (Å²) in [5, 5.41) is 2.33. The molecule has 0 radical (unpaired) electrons. The van der Waals surface area contributed by atoms with E-state index < -0.39 is 18.0 Å². The number of nitrogens with zero attached hydrogens (tertiary/aromatic N) is 4. The molecule has 3 saturated heterocycles. The van der Waals surface area contributed by atoms with Crippen LogP contribution in [-0.4, -0.2) is 119 Å². The number of fused-ring (bicyclic) bond motifs is 2. The molecular weight excluding hydrogens is 982 g/mol. The largest absolute Gasteiger partial charge is 0.489 e. The average molecular weight is 1040 g/mol. The minimum absolute atomic E-state index is 0. The zero-order valence-electron chi connectivity index (χ0n) is 38.7. The lowest BCUT2D eigenvalue weighted by Gasteiger charge is -2.29. The van der Waals surface area contributed by atoms with Gasteiger partial charge >= 0.3 is 0 Å². The number of benzene rings is 4. The van der Waals surface area contributed by atoms with Gasteiger partial charge in [-0.3, -0.25) is 39.1 Å². The summed E-state index contributed by atoms with van der Waals surface area (Å²) in [5.41, 5.74) is 7.31. The van der Waals surface area contributed by atoms with Gasteiger partial charge in [0, 0.05) is 74.4 Å². The maximum absolute atomic E-state index is 13.0. The van der Waals surface area contributed by atoms with E-state index in [2.05, 4.69) is 63.6 Å². The number of imide groups is 1. The number of piperidine rings is 1. The van der Waals surface area contributed by atoms with Crippen molar-refractivity contribution in [1.82, 2.24) is 24.9 Å². The number of hydrogen-bond donors (Lipinski definition) is 1. The van der Waals surface area contributed by atoms with E-state index in [1.165, 1.54) is 25.0 Å². The molecule has 4 aromatic carbocycles. The van der Waals surface area contributed by atoms with Crippen molar-refractivity contribution < 1.29 is 47.7 Å². The Balaban J connectivity index is 0.000000198. The van der Waals surface area contributed by atoms with Crippen LogP contribution in [0.3, 0.4) is 0 Å². The van der Waals surface area contributed by atoms with Crippen LogP contribution in [0.15, 0.2) is 84.9 Å². The molecule has 5 aliphatic heterocycles. The van der Waals surface area contributed by atoms with Gasteiger partial charge in [-0.15, -0.1) is 24.0 Å². The smallest absolute Gasteiger partial charge is 0.255 e. The maximum atomic E-state index is 13.0. The molecule has 68 heavy (non-hydrogen) atoms. The summed E-state index contributed by atoms with van der Waals surface area (Å²) in [6.07, 6.45) is 1.20. The molecule has 0 spiro atoms. The van der Waals surface area contributed by atoms with Crippen molar-refractivity contribution in [3.63, 3.8) is 0 Å². The Kier molecular flexibility index (Phi) is 17.5. The van der Waals surface area contributed by atoms with Gasteiger partial charge in [0.15, 0.2) is 5.78 Å². The van der Waals surface area contributed by atoms with Crippen LogP contribution < -0.4 is 14.8 Å². The van der Waals surface area contributed by atoms with Crippen LogP contribution >= 0.6 is 24.0 Å². The Morgan fingerprint density at radius 3 is 1.63 bits per heavy atom. The fourth-order valence-electron chi connectivity index (χ4n) is 9.16. The second kappa shape index (κ2) is 23.7. The number of morpholine rings is 2. The minimum atomic E-state index is -0.630. The highest BCUT2D eigenvalue weighted by molar-refractivity contribution is 14.0. The van der Waals surface area contributed by atoms with Crippen molar-refractivity contribution >= 4 is 59.2 Å². The number of ether oxygens (including phenoxy) is 4. The number of carbonyl (C=O) groups is 6. The van der Waals surface area contributed by atoms with Crippen molar-refractivity contribution in [3.8, 4) is 11.5 Å².